The van der Waals surface area contributed by atoms with E-state index in [-0.39, 0.29) is 35.9 Å². The fourth-order valence-electron chi connectivity index (χ4n) is 5.05. The summed E-state index contributed by atoms with van der Waals surface area (Å²) in [6.45, 7) is 5.93. The quantitative estimate of drug-likeness (QED) is 0.566. The highest BCUT2D eigenvalue weighted by atomic mass is 35.5. The van der Waals surface area contributed by atoms with E-state index in [9.17, 15) is 14.9 Å². The van der Waals surface area contributed by atoms with E-state index in [1.807, 2.05) is 6.07 Å². The minimum Gasteiger partial charge on any atom is -0.440 e. The number of para-hydroxylation sites is 1. The summed E-state index contributed by atoms with van der Waals surface area (Å²) in [5.74, 6) is -0.487. The van der Waals surface area contributed by atoms with Crippen LogP contribution in [0, 0.1) is 18.3 Å². The lowest BCUT2D eigenvalue weighted by molar-refractivity contribution is -0.121. The molecule has 0 aliphatic carbocycles. The third-order valence-corrected chi connectivity index (χ3v) is 6.74. The molecule has 0 bridgehead atoms. The summed E-state index contributed by atoms with van der Waals surface area (Å²) in [4.78, 5) is 29.9. The van der Waals surface area contributed by atoms with Gasteiger partial charge < -0.3 is 19.9 Å². The maximum atomic E-state index is 14.4. The van der Waals surface area contributed by atoms with Gasteiger partial charge in [0.2, 0.25) is 11.8 Å². The number of hydrogen-bond donors (Lipinski definition) is 1. The molecule has 2 N–H and O–H groups in total. The van der Waals surface area contributed by atoms with Crippen molar-refractivity contribution in [2.24, 2.45) is 5.73 Å². The van der Waals surface area contributed by atoms with Crippen LogP contribution in [-0.4, -0.2) is 10.5 Å². The molecular weight excluding hydrogens is 464 g/mol. The number of carbonyl (C=O) groups is 1. The maximum Gasteiger partial charge on any atom is 0.259 e. The first-order valence-electron chi connectivity index (χ1n) is 10.9. The summed E-state index contributed by atoms with van der Waals surface area (Å²) in [5.41, 5.74) is 6.50. The van der Waals surface area contributed by atoms with Gasteiger partial charge in [-0.3, -0.25) is 9.59 Å². The molecule has 35 heavy (non-hydrogen) atoms. The minimum atomic E-state index is -1.74. The zero-order valence-corrected chi connectivity index (χ0v) is 19.7. The molecule has 0 radical (unpaired) electrons. The SMILES string of the molecule is C=CCn1c(C)cc2c(c1=O)C1(C(=O)N(Cc3cccc(Cl)c3)c3ccccc31)C(C#N)=C(N)O2. The van der Waals surface area contributed by atoms with Crippen LogP contribution in [0.25, 0.3) is 0 Å². The van der Waals surface area contributed by atoms with Crippen molar-refractivity contribution in [3.8, 4) is 11.8 Å². The molecule has 1 spiro atoms. The van der Waals surface area contributed by atoms with E-state index in [0.717, 1.165) is 5.56 Å². The van der Waals surface area contributed by atoms with Gasteiger partial charge in [-0.2, -0.15) is 5.26 Å². The van der Waals surface area contributed by atoms with Gasteiger partial charge in [0.1, 0.15) is 17.4 Å². The number of halogens is 1. The predicted molar refractivity (Wildman–Crippen MR) is 133 cm³/mol. The predicted octanol–water partition coefficient (Wildman–Crippen LogP) is 3.92. The fourth-order valence-corrected chi connectivity index (χ4v) is 5.26. The number of rotatable bonds is 4. The van der Waals surface area contributed by atoms with E-state index >= 15 is 0 Å². The maximum absolute atomic E-state index is 14.4. The molecule has 8 heteroatoms. The van der Waals surface area contributed by atoms with E-state index in [1.165, 1.54) is 4.57 Å². The van der Waals surface area contributed by atoms with Gasteiger partial charge in [0.25, 0.3) is 5.56 Å². The van der Waals surface area contributed by atoms with Gasteiger partial charge in [0.05, 0.1) is 12.1 Å². The van der Waals surface area contributed by atoms with Gasteiger partial charge in [-0.05, 0) is 30.7 Å². The molecule has 0 saturated heterocycles. The second kappa shape index (κ2) is 8.19. The fraction of sp³-hybridized carbons (Fsp3) is 0.148. The van der Waals surface area contributed by atoms with Crippen molar-refractivity contribution in [3.63, 3.8) is 0 Å². The number of nitrogens with two attached hydrogens (primary N) is 1. The van der Waals surface area contributed by atoms with Crippen LogP contribution in [-0.2, 0) is 23.3 Å². The molecule has 0 saturated carbocycles. The highest BCUT2D eigenvalue weighted by Crippen LogP contribution is 2.54. The molecule has 2 aliphatic heterocycles. The number of aromatic nitrogens is 1. The van der Waals surface area contributed by atoms with Crippen molar-refractivity contribution < 1.29 is 9.53 Å². The number of aryl methyl sites for hydroxylation is 1. The topological polar surface area (TPSA) is 101 Å². The summed E-state index contributed by atoms with van der Waals surface area (Å²) in [6.07, 6.45) is 1.60. The van der Waals surface area contributed by atoms with Crippen molar-refractivity contribution in [1.82, 2.24) is 4.57 Å². The highest BCUT2D eigenvalue weighted by Gasteiger charge is 2.60. The Bertz CT molecular complexity index is 1550. The third-order valence-electron chi connectivity index (χ3n) is 6.51. The Morgan fingerprint density at radius 1 is 1.20 bits per heavy atom. The normalized spacial score (nSPS) is 18.2. The first-order valence-corrected chi connectivity index (χ1v) is 11.3. The molecule has 2 aliphatic rings. The Labute approximate surface area is 206 Å². The lowest BCUT2D eigenvalue weighted by Gasteiger charge is -2.34. The number of amides is 1. The Kier molecular flexibility index (Phi) is 5.27. The van der Waals surface area contributed by atoms with Crippen molar-refractivity contribution in [3.05, 3.63) is 116 Å². The first kappa shape index (κ1) is 22.5. The molecule has 174 valence electrons. The molecule has 3 aromatic rings. The van der Waals surface area contributed by atoms with Crippen LogP contribution in [0.4, 0.5) is 5.69 Å². The number of hydrogen-bond acceptors (Lipinski definition) is 5. The van der Waals surface area contributed by atoms with Gasteiger partial charge >= 0.3 is 0 Å². The van der Waals surface area contributed by atoms with Gasteiger partial charge in [0, 0.05) is 34.6 Å². The largest absolute Gasteiger partial charge is 0.440 e. The van der Waals surface area contributed by atoms with Crippen molar-refractivity contribution in [2.75, 3.05) is 4.90 Å². The summed E-state index contributed by atoms with van der Waals surface area (Å²) < 4.78 is 7.26. The highest BCUT2D eigenvalue weighted by molar-refractivity contribution is 6.30. The number of allylic oxidation sites excluding steroid dienone is 1. The first-order chi connectivity index (χ1) is 16.8. The molecule has 0 fully saturated rings. The molecule has 7 nitrogen and oxygen atoms in total. The summed E-state index contributed by atoms with van der Waals surface area (Å²) >= 11 is 6.18. The second-order valence-electron chi connectivity index (χ2n) is 8.47. The number of carbonyl (C=O) groups excluding carboxylic acids is 1. The number of fused-ring (bicyclic) bond motifs is 4. The van der Waals surface area contributed by atoms with Crippen molar-refractivity contribution in [1.29, 1.82) is 5.26 Å². The lowest BCUT2D eigenvalue weighted by Crippen LogP contribution is -2.49. The molecule has 1 unspecified atom stereocenters. The van der Waals surface area contributed by atoms with E-state index in [0.29, 0.717) is 22.0 Å². The summed E-state index contributed by atoms with van der Waals surface area (Å²) in [6, 6.07) is 18.1. The Balaban J connectivity index is 1.84. The van der Waals surface area contributed by atoms with Gasteiger partial charge in [-0.1, -0.05) is 48.0 Å². The standard InChI is InChI=1S/C27H21ClN4O3/c1-3-11-31-16(2)12-22-23(25(31)33)27(20(14-29)24(30)35-22)19-9-4-5-10-21(19)32(26(27)34)15-17-7-6-8-18(28)13-17/h3-10,12-13H,1,11,15,30H2,2H3. The van der Waals surface area contributed by atoms with Crippen molar-refractivity contribution in [2.45, 2.75) is 25.4 Å². The zero-order chi connectivity index (χ0) is 24.9. The molecule has 2 aromatic carbocycles. The van der Waals surface area contributed by atoms with Crippen LogP contribution >= 0.6 is 11.6 Å². The second-order valence-corrected chi connectivity index (χ2v) is 8.91. The number of pyridine rings is 1. The van der Waals surface area contributed by atoms with Crippen LogP contribution in [0.3, 0.4) is 0 Å². The Morgan fingerprint density at radius 3 is 2.69 bits per heavy atom. The van der Waals surface area contributed by atoms with Crippen LogP contribution in [0.2, 0.25) is 5.02 Å². The van der Waals surface area contributed by atoms with E-state index in [1.54, 1.807) is 66.4 Å². The molecular formula is C27H21ClN4O3. The Morgan fingerprint density at radius 2 is 1.97 bits per heavy atom. The smallest absolute Gasteiger partial charge is 0.259 e. The molecule has 1 aromatic heterocycles. The molecule has 1 atom stereocenters. The number of anilines is 1. The molecule has 1 amide bonds. The number of benzene rings is 2. The minimum absolute atomic E-state index is 0.0711. The molecule has 5 rings (SSSR count). The number of ether oxygens (including phenoxy) is 1. The average molecular weight is 485 g/mol. The van der Waals surface area contributed by atoms with Crippen LogP contribution in [0.5, 0.6) is 5.75 Å². The average Bonchev–Trinajstić information content (AvgIpc) is 3.05. The van der Waals surface area contributed by atoms with Crippen LogP contribution in [0.15, 0.2) is 83.5 Å². The number of nitrogens with zero attached hydrogens (tertiary/aromatic N) is 3. The Hall–Kier alpha value is -4.28. The monoisotopic (exact) mass is 484 g/mol. The van der Waals surface area contributed by atoms with Gasteiger partial charge in [-0.15, -0.1) is 6.58 Å². The zero-order valence-electron chi connectivity index (χ0n) is 18.9. The van der Waals surface area contributed by atoms with Gasteiger partial charge in [-0.25, -0.2) is 0 Å². The number of nitriles is 1. The lowest BCUT2D eigenvalue weighted by atomic mass is 9.69. The van der Waals surface area contributed by atoms with Crippen LogP contribution < -0.4 is 20.9 Å². The van der Waals surface area contributed by atoms with E-state index < -0.39 is 16.9 Å². The van der Waals surface area contributed by atoms with Gasteiger partial charge in [0.15, 0.2) is 5.41 Å². The van der Waals surface area contributed by atoms with E-state index in [2.05, 4.69) is 12.6 Å². The third kappa shape index (κ3) is 3.11. The molecule has 3 heterocycles. The van der Waals surface area contributed by atoms with Crippen LogP contribution in [0.1, 0.15) is 22.4 Å². The summed E-state index contributed by atoms with van der Waals surface area (Å²) in [7, 11) is 0. The van der Waals surface area contributed by atoms with Crippen molar-refractivity contribution >= 4 is 23.2 Å². The summed E-state index contributed by atoms with van der Waals surface area (Å²) in [5, 5.41) is 10.7. The van der Waals surface area contributed by atoms with E-state index in [4.69, 9.17) is 22.1 Å².